The monoisotopic (exact) mass is 745 g/mol. The molecule has 4 aliphatic rings. The van der Waals surface area contributed by atoms with E-state index >= 15 is 0 Å². The van der Waals surface area contributed by atoms with E-state index in [1.165, 1.54) is 0 Å². The molecule has 11 nitrogen and oxygen atoms in total. The van der Waals surface area contributed by atoms with E-state index in [0.717, 1.165) is 79.9 Å². The Morgan fingerprint density at radius 3 is 2.57 bits per heavy atom. The summed E-state index contributed by atoms with van der Waals surface area (Å²) in [6, 6.07) is 15.2. The molecule has 0 spiro atoms. The van der Waals surface area contributed by atoms with Gasteiger partial charge in [-0.3, -0.25) is 9.80 Å². The first-order valence-electron chi connectivity index (χ1n) is 19.9. The molecule has 2 aromatic rings. The largest absolute Gasteiger partial charge is 0.492 e. The zero-order chi connectivity index (χ0) is 37.9. The number of carbonyl (C=O) groups excluding carboxylic acids is 1. The number of aliphatic hydroxyl groups is 2. The fraction of sp³-hybridized carbons (Fsp3) is 0.581. The lowest BCUT2D eigenvalue weighted by molar-refractivity contribution is -0.255. The number of nitrogens with zero attached hydrogens (tertiary/aromatic N) is 3. The highest BCUT2D eigenvalue weighted by atomic mass is 16.7. The van der Waals surface area contributed by atoms with Gasteiger partial charge in [0.15, 0.2) is 0 Å². The number of unbranched alkanes of at least 4 members (excludes halogenated alkanes) is 2. The summed E-state index contributed by atoms with van der Waals surface area (Å²) in [6.45, 7) is 10.8. The molecule has 2 aromatic carbocycles. The minimum absolute atomic E-state index is 0.110. The van der Waals surface area contributed by atoms with Gasteiger partial charge in [0.2, 0.25) is 5.79 Å². The van der Waals surface area contributed by atoms with Crippen molar-refractivity contribution >= 4 is 11.8 Å². The van der Waals surface area contributed by atoms with Crippen LogP contribution in [0.1, 0.15) is 75.3 Å². The molecule has 2 N–H and O–H groups in total. The average Bonchev–Trinajstić information content (AvgIpc) is 4.02. The Labute approximate surface area is 320 Å². The Bertz CT molecular complexity index is 1600. The van der Waals surface area contributed by atoms with Crippen molar-refractivity contribution in [3.63, 3.8) is 0 Å². The number of oxime groups is 1. The van der Waals surface area contributed by atoms with Crippen LogP contribution in [0.3, 0.4) is 0 Å². The summed E-state index contributed by atoms with van der Waals surface area (Å²) >= 11 is 0. The number of allylic oxidation sites excluding steroid dienone is 1. The maximum Gasteiger partial charge on any atom is 0.410 e. The van der Waals surface area contributed by atoms with E-state index in [1.807, 2.05) is 49.4 Å². The van der Waals surface area contributed by atoms with E-state index in [-0.39, 0.29) is 50.1 Å². The Hall–Kier alpha value is -3.90. The van der Waals surface area contributed by atoms with Gasteiger partial charge in [0.1, 0.15) is 37.9 Å². The first-order chi connectivity index (χ1) is 26.5. The minimum Gasteiger partial charge on any atom is -0.492 e. The molecule has 0 radical (unpaired) electrons. The van der Waals surface area contributed by atoms with Crippen LogP contribution in [0, 0.1) is 17.8 Å². The minimum atomic E-state index is -1.32. The standard InChI is InChI=1S/C43H59N3O8/c1-4-19-46(42(49)52-30-31-13-7-6-8-14-31)39-29-37(44-50-3)35-27-32(15-9-11-23-47)34(16-10-12-24-48)40-36-28-33(51-26-22-45-20-21-45)17-18-38(36)54-43(39,41(35)40)53-25-5-2/h5-8,13-14,17-18,27-28,32,34,39-41,47-48H,2,4,9-12,15-16,19-26,29-30H2,1,3H3. The van der Waals surface area contributed by atoms with Crippen LogP contribution in [-0.2, 0) is 20.9 Å². The first-order valence-corrected chi connectivity index (χ1v) is 19.9. The third-order valence-corrected chi connectivity index (χ3v) is 11.3. The van der Waals surface area contributed by atoms with Crippen molar-refractivity contribution in [1.29, 1.82) is 0 Å². The molecule has 6 rings (SSSR count). The van der Waals surface area contributed by atoms with Crippen LogP contribution < -0.4 is 9.47 Å². The molecular formula is C43H59N3O8. The third-order valence-electron chi connectivity index (χ3n) is 11.3. The van der Waals surface area contributed by atoms with E-state index in [4.69, 9.17) is 23.8 Å². The molecule has 6 atom stereocenters. The smallest absolute Gasteiger partial charge is 0.410 e. The molecule has 1 saturated carbocycles. The summed E-state index contributed by atoms with van der Waals surface area (Å²) in [6.07, 6.45) is 9.53. The second kappa shape index (κ2) is 19.1. The Kier molecular flexibility index (Phi) is 14.1. The van der Waals surface area contributed by atoms with Gasteiger partial charge in [-0.15, -0.1) is 6.58 Å². The number of rotatable bonds is 21. The van der Waals surface area contributed by atoms with Gasteiger partial charge in [0.05, 0.1) is 18.2 Å². The van der Waals surface area contributed by atoms with E-state index in [2.05, 4.69) is 28.8 Å². The van der Waals surface area contributed by atoms with E-state index in [1.54, 1.807) is 18.1 Å². The molecule has 54 heavy (non-hydrogen) atoms. The zero-order valence-electron chi connectivity index (χ0n) is 32.1. The average molecular weight is 746 g/mol. The van der Waals surface area contributed by atoms with Gasteiger partial charge in [-0.05, 0) is 73.3 Å². The maximum absolute atomic E-state index is 14.3. The number of ether oxygens (including phenoxy) is 4. The lowest BCUT2D eigenvalue weighted by Gasteiger charge is -2.59. The molecule has 6 unspecified atom stereocenters. The first kappa shape index (κ1) is 39.8. The van der Waals surface area contributed by atoms with Crippen LogP contribution in [0.4, 0.5) is 4.79 Å². The lowest BCUT2D eigenvalue weighted by atomic mass is 9.55. The second-order valence-corrected chi connectivity index (χ2v) is 14.9. The van der Waals surface area contributed by atoms with Crippen LogP contribution in [-0.4, -0.2) is 103 Å². The summed E-state index contributed by atoms with van der Waals surface area (Å²) in [4.78, 5) is 24.0. The zero-order valence-corrected chi connectivity index (χ0v) is 32.1. The Morgan fingerprint density at radius 2 is 1.87 bits per heavy atom. The predicted molar refractivity (Wildman–Crippen MR) is 208 cm³/mol. The number of fused-ring (bicyclic) bond motifs is 2. The van der Waals surface area contributed by atoms with Gasteiger partial charge in [-0.2, -0.15) is 0 Å². The molecule has 0 aromatic heterocycles. The molecular weight excluding hydrogens is 686 g/mol. The molecule has 2 fully saturated rings. The number of benzene rings is 2. The lowest BCUT2D eigenvalue weighted by Crippen LogP contribution is -2.70. The highest BCUT2D eigenvalue weighted by Gasteiger charge is 2.65. The van der Waals surface area contributed by atoms with Crippen molar-refractivity contribution in [2.45, 2.75) is 82.6 Å². The van der Waals surface area contributed by atoms with Gasteiger partial charge in [0.25, 0.3) is 0 Å². The summed E-state index contributed by atoms with van der Waals surface area (Å²) in [5, 5.41) is 24.3. The number of hydrogen-bond acceptors (Lipinski definition) is 10. The molecule has 0 bridgehead atoms. The second-order valence-electron chi connectivity index (χ2n) is 14.9. The Morgan fingerprint density at radius 1 is 1.09 bits per heavy atom. The normalized spacial score (nSPS) is 26.2. The summed E-state index contributed by atoms with van der Waals surface area (Å²) in [7, 11) is 1.56. The van der Waals surface area contributed by atoms with Crippen molar-refractivity contribution in [2.75, 3.05) is 59.7 Å². The molecule has 2 heterocycles. The highest BCUT2D eigenvalue weighted by Crippen LogP contribution is 2.62. The van der Waals surface area contributed by atoms with Crippen molar-refractivity contribution in [2.24, 2.45) is 22.9 Å². The topological polar surface area (TPSA) is 122 Å². The number of aliphatic hydroxyl groups excluding tert-OH is 2. The van der Waals surface area contributed by atoms with Crippen LogP contribution in [0.15, 0.2) is 78.0 Å². The SMILES string of the molecule is C=CCOC12Oc3ccc(OCCN4CC4)cc3C3C(CCCCO)C(CCCCO)C=C(C(=NOC)CC1N(CCC)C(=O)OCc1ccccc1)C32. The summed E-state index contributed by atoms with van der Waals surface area (Å²) < 4.78 is 26.6. The Balaban J connectivity index is 1.50. The van der Waals surface area contributed by atoms with Crippen LogP contribution in [0.2, 0.25) is 0 Å². The van der Waals surface area contributed by atoms with Gasteiger partial charge in [-0.1, -0.05) is 67.4 Å². The van der Waals surface area contributed by atoms with E-state index < -0.39 is 17.9 Å². The number of carbonyl (C=O) groups is 1. The van der Waals surface area contributed by atoms with Crippen LogP contribution in [0.25, 0.3) is 0 Å². The van der Waals surface area contributed by atoms with Crippen LogP contribution >= 0.6 is 0 Å². The molecule has 1 saturated heterocycles. The van der Waals surface area contributed by atoms with Crippen molar-refractivity contribution < 1.29 is 38.8 Å². The summed E-state index contributed by atoms with van der Waals surface area (Å²) in [5.41, 5.74) is 3.70. The molecule has 1 amide bonds. The van der Waals surface area contributed by atoms with Gasteiger partial charge < -0.3 is 34.0 Å². The van der Waals surface area contributed by atoms with Gasteiger partial charge >= 0.3 is 6.09 Å². The fourth-order valence-corrected chi connectivity index (χ4v) is 8.85. The molecule has 294 valence electrons. The maximum atomic E-state index is 14.3. The molecule has 2 aliphatic carbocycles. The van der Waals surface area contributed by atoms with Crippen molar-refractivity contribution in [3.8, 4) is 11.5 Å². The van der Waals surface area contributed by atoms with Crippen molar-refractivity contribution in [3.05, 3.63) is 84.0 Å². The van der Waals surface area contributed by atoms with Gasteiger partial charge in [-0.25, -0.2) is 4.79 Å². The molecule has 11 heteroatoms. The van der Waals surface area contributed by atoms with E-state index in [9.17, 15) is 15.0 Å². The highest BCUT2D eigenvalue weighted by molar-refractivity contribution is 6.02. The predicted octanol–water partition coefficient (Wildman–Crippen LogP) is 6.69. The quantitative estimate of drug-likeness (QED) is 0.0623. The molecule has 2 aliphatic heterocycles. The van der Waals surface area contributed by atoms with Gasteiger partial charge in [0, 0.05) is 57.3 Å². The fourth-order valence-electron chi connectivity index (χ4n) is 8.85. The number of hydrogen-bond donors (Lipinski definition) is 2. The van der Waals surface area contributed by atoms with Crippen molar-refractivity contribution in [1.82, 2.24) is 9.80 Å². The van der Waals surface area contributed by atoms with E-state index in [0.29, 0.717) is 38.2 Å². The summed E-state index contributed by atoms with van der Waals surface area (Å²) in [5.74, 6) is -0.0244. The third kappa shape index (κ3) is 8.96. The number of amides is 1. The van der Waals surface area contributed by atoms with Crippen LogP contribution in [0.5, 0.6) is 11.5 Å².